The van der Waals surface area contributed by atoms with Crippen LogP contribution in [0.3, 0.4) is 0 Å². The van der Waals surface area contributed by atoms with E-state index >= 15 is 0 Å². The SMILES string of the molecule is C=CCN(CC)C(=O)C1(C)CCNCC1. The highest BCUT2D eigenvalue weighted by molar-refractivity contribution is 5.82. The summed E-state index contributed by atoms with van der Waals surface area (Å²) in [6.07, 6.45) is 3.69. The van der Waals surface area contributed by atoms with E-state index < -0.39 is 0 Å². The van der Waals surface area contributed by atoms with Gasteiger partial charge in [-0.2, -0.15) is 0 Å². The van der Waals surface area contributed by atoms with Crippen molar-refractivity contribution in [3.8, 4) is 0 Å². The number of nitrogens with zero attached hydrogens (tertiary/aromatic N) is 1. The van der Waals surface area contributed by atoms with Crippen LogP contribution < -0.4 is 5.32 Å². The van der Waals surface area contributed by atoms with E-state index in [4.69, 9.17) is 0 Å². The number of piperidine rings is 1. The van der Waals surface area contributed by atoms with Crippen LogP contribution in [-0.4, -0.2) is 37.0 Å². The third-order valence-electron chi connectivity index (χ3n) is 3.24. The molecule has 0 saturated carbocycles. The molecule has 3 heteroatoms. The van der Waals surface area contributed by atoms with Crippen LogP contribution in [0.1, 0.15) is 26.7 Å². The molecule has 1 saturated heterocycles. The lowest BCUT2D eigenvalue weighted by Crippen LogP contribution is -2.47. The summed E-state index contributed by atoms with van der Waals surface area (Å²) in [7, 11) is 0. The summed E-state index contributed by atoms with van der Waals surface area (Å²) >= 11 is 0. The summed E-state index contributed by atoms with van der Waals surface area (Å²) in [5.74, 6) is 0.284. The zero-order valence-electron chi connectivity index (χ0n) is 9.88. The van der Waals surface area contributed by atoms with E-state index in [2.05, 4.69) is 18.8 Å². The van der Waals surface area contributed by atoms with E-state index in [9.17, 15) is 4.79 Å². The molecule has 0 aliphatic carbocycles. The van der Waals surface area contributed by atoms with Gasteiger partial charge >= 0.3 is 0 Å². The minimum absolute atomic E-state index is 0.162. The van der Waals surface area contributed by atoms with Gasteiger partial charge in [0.05, 0.1) is 0 Å². The minimum atomic E-state index is -0.162. The molecule has 0 unspecified atom stereocenters. The Morgan fingerprint density at radius 3 is 2.60 bits per heavy atom. The zero-order valence-corrected chi connectivity index (χ0v) is 9.88. The van der Waals surface area contributed by atoms with Gasteiger partial charge in [-0.1, -0.05) is 13.0 Å². The van der Waals surface area contributed by atoms with E-state index in [0.717, 1.165) is 32.5 Å². The van der Waals surface area contributed by atoms with Crippen LogP contribution in [0.5, 0.6) is 0 Å². The Morgan fingerprint density at radius 1 is 1.53 bits per heavy atom. The monoisotopic (exact) mass is 210 g/mol. The van der Waals surface area contributed by atoms with E-state index in [1.54, 1.807) is 6.08 Å². The molecule has 1 fully saturated rings. The predicted molar refractivity (Wildman–Crippen MR) is 62.7 cm³/mol. The number of carbonyl (C=O) groups excluding carboxylic acids is 1. The van der Waals surface area contributed by atoms with Gasteiger partial charge in [0.15, 0.2) is 0 Å². The predicted octanol–water partition coefficient (Wildman–Crippen LogP) is 1.41. The second-order valence-corrected chi connectivity index (χ2v) is 4.44. The van der Waals surface area contributed by atoms with Gasteiger partial charge < -0.3 is 10.2 Å². The second-order valence-electron chi connectivity index (χ2n) is 4.44. The van der Waals surface area contributed by atoms with E-state index in [-0.39, 0.29) is 11.3 Å². The van der Waals surface area contributed by atoms with Gasteiger partial charge in [0.25, 0.3) is 0 Å². The Bertz CT molecular complexity index is 232. The highest BCUT2D eigenvalue weighted by Crippen LogP contribution is 2.30. The van der Waals surface area contributed by atoms with Crippen LogP contribution in [0, 0.1) is 5.41 Å². The minimum Gasteiger partial charge on any atom is -0.339 e. The van der Waals surface area contributed by atoms with Crippen LogP contribution in [0.4, 0.5) is 0 Å². The van der Waals surface area contributed by atoms with Gasteiger partial charge in [0, 0.05) is 18.5 Å². The normalized spacial score (nSPS) is 19.6. The van der Waals surface area contributed by atoms with Gasteiger partial charge in [-0.15, -0.1) is 6.58 Å². The average molecular weight is 210 g/mol. The summed E-state index contributed by atoms with van der Waals surface area (Å²) in [5.41, 5.74) is -0.162. The van der Waals surface area contributed by atoms with Gasteiger partial charge in [-0.3, -0.25) is 4.79 Å². The highest BCUT2D eigenvalue weighted by Gasteiger charge is 2.36. The molecular weight excluding hydrogens is 188 g/mol. The molecule has 0 spiro atoms. The Kier molecular flexibility index (Phi) is 4.33. The van der Waals surface area contributed by atoms with Crippen molar-refractivity contribution >= 4 is 5.91 Å². The fraction of sp³-hybridized carbons (Fsp3) is 0.750. The van der Waals surface area contributed by atoms with Gasteiger partial charge in [0.1, 0.15) is 0 Å². The van der Waals surface area contributed by atoms with Crippen molar-refractivity contribution in [3.05, 3.63) is 12.7 Å². The first-order chi connectivity index (χ1) is 7.14. The molecule has 1 aliphatic rings. The lowest BCUT2D eigenvalue weighted by Gasteiger charge is -2.36. The first-order valence-electron chi connectivity index (χ1n) is 5.75. The number of hydrogen-bond acceptors (Lipinski definition) is 2. The molecule has 1 heterocycles. The molecule has 86 valence electrons. The van der Waals surface area contributed by atoms with Crippen LogP contribution in [0.25, 0.3) is 0 Å². The number of nitrogens with one attached hydrogen (secondary N) is 1. The van der Waals surface area contributed by atoms with Crippen molar-refractivity contribution < 1.29 is 4.79 Å². The van der Waals surface area contributed by atoms with Crippen molar-refractivity contribution in [2.75, 3.05) is 26.2 Å². The van der Waals surface area contributed by atoms with E-state index in [1.165, 1.54) is 0 Å². The standard InChI is InChI=1S/C12H22N2O/c1-4-10-14(5-2)11(15)12(3)6-8-13-9-7-12/h4,13H,1,5-10H2,2-3H3. The van der Waals surface area contributed by atoms with Crippen molar-refractivity contribution in [2.45, 2.75) is 26.7 Å². The number of likely N-dealkylation sites (N-methyl/N-ethyl adjacent to an activating group) is 1. The second kappa shape index (κ2) is 5.31. The van der Waals surface area contributed by atoms with Crippen LogP contribution in [-0.2, 0) is 4.79 Å². The summed E-state index contributed by atoms with van der Waals surface area (Å²) < 4.78 is 0. The fourth-order valence-electron chi connectivity index (χ4n) is 2.09. The number of hydrogen-bond donors (Lipinski definition) is 1. The maximum Gasteiger partial charge on any atom is 0.228 e. The third-order valence-corrected chi connectivity index (χ3v) is 3.24. The molecule has 0 atom stereocenters. The number of amides is 1. The van der Waals surface area contributed by atoms with Crippen LogP contribution in [0.2, 0.25) is 0 Å². The molecule has 0 aromatic heterocycles. The average Bonchev–Trinajstić information content (AvgIpc) is 2.26. The molecule has 0 bridgehead atoms. The fourth-order valence-corrected chi connectivity index (χ4v) is 2.09. The molecule has 1 amide bonds. The molecule has 0 radical (unpaired) electrons. The Morgan fingerprint density at radius 2 is 2.13 bits per heavy atom. The smallest absolute Gasteiger partial charge is 0.228 e. The Labute approximate surface area is 92.5 Å². The van der Waals surface area contributed by atoms with Gasteiger partial charge in [0.2, 0.25) is 5.91 Å². The lowest BCUT2D eigenvalue weighted by molar-refractivity contribution is -0.142. The molecule has 3 nitrogen and oxygen atoms in total. The zero-order chi connectivity index (χ0) is 11.3. The summed E-state index contributed by atoms with van der Waals surface area (Å²) in [4.78, 5) is 14.2. The Hall–Kier alpha value is -0.830. The van der Waals surface area contributed by atoms with Crippen LogP contribution >= 0.6 is 0 Å². The molecule has 1 aliphatic heterocycles. The molecule has 1 rings (SSSR count). The molecular formula is C12H22N2O. The first-order valence-corrected chi connectivity index (χ1v) is 5.75. The largest absolute Gasteiger partial charge is 0.339 e. The van der Waals surface area contributed by atoms with E-state index in [1.807, 2.05) is 11.8 Å². The summed E-state index contributed by atoms with van der Waals surface area (Å²) in [5, 5.41) is 3.29. The third kappa shape index (κ3) is 2.81. The van der Waals surface area contributed by atoms with Crippen molar-refractivity contribution in [2.24, 2.45) is 5.41 Å². The van der Waals surface area contributed by atoms with Crippen LogP contribution in [0.15, 0.2) is 12.7 Å². The molecule has 0 aromatic carbocycles. The first kappa shape index (κ1) is 12.2. The highest BCUT2D eigenvalue weighted by atomic mass is 16.2. The lowest BCUT2D eigenvalue weighted by atomic mass is 9.79. The Balaban J connectivity index is 2.66. The molecule has 1 N–H and O–H groups in total. The van der Waals surface area contributed by atoms with Crippen molar-refractivity contribution in [3.63, 3.8) is 0 Å². The van der Waals surface area contributed by atoms with Crippen molar-refractivity contribution in [1.82, 2.24) is 10.2 Å². The number of rotatable bonds is 4. The summed E-state index contributed by atoms with van der Waals surface area (Å²) in [6.45, 7) is 11.1. The summed E-state index contributed by atoms with van der Waals surface area (Å²) in [6, 6.07) is 0. The molecule has 15 heavy (non-hydrogen) atoms. The van der Waals surface area contributed by atoms with Crippen molar-refractivity contribution in [1.29, 1.82) is 0 Å². The topological polar surface area (TPSA) is 32.3 Å². The maximum atomic E-state index is 12.3. The van der Waals surface area contributed by atoms with Gasteiger partial charge in [-0.25, -0.2) is 0 Å². The molecule has 0 aromatic rings. The van der Waals surface area contributed by atoms with Gasteiger partial charge in [-0.05, 0) is 32.9 Å². The maximum absolute atomic E-state index is 12.3. The van der Waals surface area contributed by atoms with E-state index in [0.29, 0.717) is 6.54 Å². The quantitative estimate of drug-likeness (QED) is 0.712. The number of carbonyl (C=O) groups is 1.